The van der Waals surface area contributed by atoms with Crippen molar-refractivity contribution in [3.05, 3.63) is 30.2 Å². The summed E-state index contributed by atoms with van der Waals surface area (Å²) in [6, 6.07) is 6.12. The number of aromatic nitrogens is 2. The molecule has 1 heterocycles. The maximum absolute atomic E-state index is 5.21. The Morgan fingerprint density at radius 1 is 1.33 bits per heavy atom. The molecule has 2 rings (SSSR count). The fourth-order valence-corrected chi connectivity index (χ4v) is 1.74. The molecule has 1 aromatic carbocycles. The number of anilines is 1. The van der Waals surface area contributed by atoms with Crippen LogP contribution in [0.1, 0.15) is 25.8 Å². The fraction of sp³-hybridized carbons (Fsp3) is 0.429. The van der Waals surface area contributed by atoms with Crippen molar-refractivity contribution in [2.75, 3.05) is 11.9 Å². The Balaban J connectivity index is 2.12. The lowest BCUT2D eigenvalue weighted by Gasteiger charge is -2.11. The molecule has 0 spiro atoms. The molecule has 18 heavy (non-hydrogen) atoms. The minimum atomic E-state index is 0.557. The zero-order valence-electron chi connectivity index (χ0n) is 11.1. The summed E-state index contributed by atoms with van der Waals surface area (Å²) in [5, 5.41) is 11.1. The molecule has 96 valence electrons. The fourth-order valence-electron chi connectivity index (χ4n) is 1.74. The van der Waals surface area contributed by atoms with Gasteiger partial charge in [-0.15, -0.1) is 10.2 Å². The van der Waals surface area contributed by atoms with Crippen LogP contribution >= 0.6 is 0 Å². The van der Waals surface area contributed by atoms with E-state index >= 15 is 0 Å². The quantitative estimate of drug-likeness (QED) is 0.875. The van der Waals surface area contributed by atoms with Crippen LogP contribution in [0.25, 0.3) is 11.5 Å². The molecule has 0 saturated heterocycles. The van der Waals surface area contributed by atoms with E-state index in [0.717, 1.165) is 24.2 Å². The first-order chi connectivity index (χ1) is 8.66. The van der Waals surface area contributed by atoms with E-state index in [1.165, 1.54) is 12.0 Å². The van der Waals surface area contributed by atoms with Crippen LogP contribution in [0.2, 0.25) is 0 Å². The van der Waals surface area contributed by atoms with Gasteiger partial charge < -0.3 is 9.73 Å². The van der Waals surface area contributed by atoms with E-state index in [2.05, 4.69) is 48.4 Å². The lowest BCUT2D eigenvalue weighted by Crippen LogP contribution is -2.06. The van der Waals surface area contributed by atoms with Gasteiger partial charge in [0, 0.05) is 17.8 Å². The highest BCUT2D eigenvalue weighted by molar-refractivity contribution is 5.64. The van der Waals surface area contributed by atoms with E-state index in [9.17, 15) is 0 Å². The van der Waals surface area contributed by atoms with Crippen molar-refractivity contribution in [1.29, 1.82) is 0 Å². The van der Waals surface area contributed by atoms with Crippen LogP contribution in [-0.2, 0) is 0 Å². The molecule has 0 unspecified atom stereocenters. The molecule has 0 radical (unpaired) electrons. The molecule has 4 nitrogen and oxygen atoms in total. The standard InChI is InChI=1S/C14H19N3O/c1-10(2)6-7-15-13-8-12(5-4-11(13)3)14-17-16-9-18-14/h4-5,8-10,15H,6-7H2,1-3H3. The van der Waals surface area contributed by atoms with Gasteiger partial charge in [0.1, 0.15) is 0 Å². The van der Waals surface area contributed by atoms with Crippen LogP contribution in [0, 0.1) is 12.8 Å². The van der Waals surface area contributed by atoms with E-state index in [-0.39, 0.29) is 0 Å². The topological polar surface area (TPSA) is 51.0 Å². The van der Waals surface area contributed by atoms with Gasteiger partial charge >= 0.3 is 0 Å². The highest BCUT2D eigenvalue weighted by Gasteiger charge is 2.06. The summed E-state index contributed by atoms with van der Waals surface area (Å²) in [7, 11) is 0. The summed E-state index contributed by atoms with van der Waals surface area (Å²) < 4.78 is 5.21. The molecule has 0 aliphatic heterocycles. The van der Waals surface area contributed by atoms with E-state index in [0.29, 0.717) is 11.8 Å². The summed E-state index contributed by atoms with van der Waals surface area (Å²) in [4.78, 5) is 0. The third-order valence-electron chi connectivity index (χ3n) is 2.88. The zero-order valence-corrected chi connectivity index (χ0v) is 11.1. The van der Waals surface area contributed by atoms with Crippen molar-refractivity contribution in [2.45, 2.75) is 27.2 Å². The van der Waals surface area contributed by atoms with Gasteiger partial charge in [-0.05, 0) is 37.0 Å². The van der Waals surface area contributed by atoms with Crippen LogP contribution in [0.3, 0.4) is 0 Å². The van der Waals surface area contributed by atoms with Gasteiger partial charge in [0.05, 0.1) is 0 Å². The van der Waals surface area contributed by atoms with Gasteiger partial charge in [-0.3, -0.25) is 0 Å². The predicted octanol–water partition coefficient (Wildman–Crippen LogP) is 3.50. The van der Waals surface area contributed by atoms with Crippen molar-refractivity contribution >= 4 is 5.69 Å². The number of nitrogens with one attached hydrogen (secondary N) is 1. The normalized spacial score (nSPS) is 10.9. The molecule has 0 bridgehead atoms. The molecule has 1 aromatic heterocycles. The average Bonchev–Trinajstić information content (AvgIpc) is 2.84. The highest BCUT2D eigenvalue weighted by Crippen LogP contribution is 2.23. The Labute approximate surface area is 107 Å². The van der Waals surface area contributed by atoms with Gasteiger partial charge in [-0.25, -0.2) is 0 Å². The molecule has 1 N–H and O–H groups in total. The summed E-state index contributed by atoms with van der Waals surface area (Å²) in [5.74, 6) is 1.26. The first-order valence-electron chi connectivity index (χ1n) is 6.28. The lowest BCUT2D eigenvalue weighted by molar-refractivity contribution is 0.568. The molecule has 0 aliphatic rings. The largest absolute Gasteiger partial charge is 0.423 e. The Kier molecular flexibility index (Phi) is 3.97. The molecular weight excluding hydrogens is 226 g/mol. The molecule has 0 fully saturated rings. The minimum absolute atomic E-state index is 0.557. The van der Waals surface area contributed by atoms with Gasteiger partial charge in [-0.2, -0.15) is 0 Å². The zero-order chi connectivity index (χ0) is 13.0. The van der Waals surface area contributed by atoms with E-state index in [1.807, 2.05) is 6.07 Å². The Hall–Kier alpha value is -1.84. The average molecular weight is 245 g/mol. The monoisotopic (exact) mass is 245 g/mol. The van der Waals surface area contributed by atoms with Crippen LogP contribution in [0.15, 0.2) is 29.0 Å². The van der Waals surface area contributed by atoms with E-state index in [1.54, 1.807) is 0 Å². The van der Waals surface area contributed by atoms with Crippen molar-refractivity contribution in [3.8, 4) is 11.5 Å². The Morgan fingerprint density at radius 3 is 2.83 bits per heavy atom. The number of nitrogens with zero attached hydrogens (tertiary/aromatic N) is 2. The second-order valence-corrected chi connectivity index (χ2v) is 4.88. The first-order valence-corrected chi connectivity index (χ1v) is 6.28. The summed E-state index contributed by atoms with van der Waals surface area (Å²) >= 11 is 0. The third-order valence-corrected chi connectivity index (χ3v) is 2.88. The van der Waals surface area contributed by atoms with Crippen LogP contribution < -0.4 is 5.32 Å². The molecule has 0 saturated carbocycles. The Bertz CT molecular complexity index is 492. The van der Waals surface area contributed by atoms with Gasteiger partial charge in [0.15, 0.2) is 0 Å². The predicted molar refractivity (Wildman–Crippen MR) is 72.4 cm³/mol. The number of hydrogen-bond acceptors (Lipinski definition) is 4. The summed E-state index contributed by atoms with van der Waals surface area (Å²) in [6.45, 7) is 7.52. The first kappa shape index (κ1) is 12.6. The Morgan fingerprint density at radius 2 is 2.17 bits per heavy atom. The highest BCUT2D eigenvalue weighted by atomic mass is 16.4. The third kappa shape index (κ3) is 3.09. The number of rotatable bonds is 5. The lowest BCUT2D eigenvalue weighted by atomic mass is 10.1. The molecule has 0 amide bonds. The molecule has 0 atom stereocenters. The van der Waals surface area contributed by atoms with Crippen LogP contribution in [0.4, 0.5) is 5.69 Å². The summed E-state index contributed by atoms with van der Waals surface area (Å²) in [6.07, 6.45) is 2.51. The van der Waals surface area contributed by atoms with Crippen molar-refractivity contribution < 1.29 is 4.42 Å². The van der Waals surface area contributed by atoms with Gasteiger partial charge in [0.2, 0.25) is 12.3 Å². The number of aryl methyl sites for hydroxylation is 1. The smallest absolute Gasteiger partial charge is 0.247 e. The van der Waals surface area contributed by atoms with Crippen molar-refractivity contribution in [1.82, 2.24) is 10.2 Å². The number of hydrogen-bond donors (Lipinski definition) is 1. The van der Waals surface area contributed by atoms with Crippen LogP contribution in [0.5, 0.6) is 0 Å². The molecule has 2 aromatic rings. The van der Waals surface area contributed by atoms with Crippen LogP contribution in [-0.4, -0.2) is 16.7 Å². The maximum atomic E-state index is 5.21. The minimum Gasteiger partial charge on any atom is -0.423 e. The SMILES string of the molecule is Cc1ccc(-c2nnco2)cc1NCCC(C)C. The molecular formula is C14H19N3O. The molecule has 4 heteroatoms. The van der Waals surface area contributed by atoms with E-state index in [4.69, 9.17) is 4.42 Å². The summed E-state index contributed by atoms with van der Waals surface area (Å²) in [5.41, 5.74) is 3.30. The van der Waals surface area contributed by atoms with Gasteiger partial charge in [-0.1, -0.05) is 19.9 Å². The second-order valence-electron chi connectivity index (χ2n) is 4.88. The number of benzene rings is 1. The van der Waals surface area contributed by atoms with Crippen molar-refractivity contribution in [2.24, 2.45) is 5.92 Å². The maximum Gasteiger partial charge on any atom is 0.247 e. The van der Waals surface area contributed by atoms with Crippen molar-refractivity contribution in [3.63, 3.8) is 0 Å². The van der Waals surface area contributed by atoms with E-state index < -0.39 is 0 Å². The second kappa shape index (κ2) is 5.67. The molecule has 0 aliphatic carbocycles. The van der Waals surface area contributed by atoms with Gasteiger partial charge in [0.25, 0.3) is 0 Å².